The number of carbonyl (C=O) groups is 2. The van der Waals surface area contributed by atoms with Gasteiger partial charge in [0.25, 0.3) is 10.0 Å². The van der Waals surface area contributed by atoms with Crippen LogP contribution < -0.4 is 19.1 Å². The Morgan fingerprint density at radius 2 is 1.61 bits per heavy atom. The van der Waals surface area contributed by atoms with Gasteiger partial charge in [0.05, 0.1) is 24.8 Å². The molecule has 1 atom stereocenters. The lowest BCUT2D eigenvalue weighted by Crippen LogP contribution is -2.51. The highest BCUT2D eigenvalue weighted by molar-refractivity contribution is 7.92. The molecule has 220 valence electrons. The van der Waals surface area contributed by atoms with Crippen molar-refractivity contribution in [1.29, 1.82) is 0 Å². The molecule has 2 amide bonds. The van der Waals surface area contributed by atoms with E-state index in [0.717, 1.165) is 4.31 Å². The summed E-state index contributed by atoms with van der Waals surface area (Å²) in [5.74, 6) is -0.509. The van der Waals surface area contributed by atoms with Crippen LogP contribution in [0.15, 0.2) is 71.6 Å². The Morgan fingerprint density at radius 3 is 2.20 bits per heavy atom. The van der Waals surface area contributed by atoms with Crippen LogP contribution in [-0.2, 0) is 26.2 Å². The Balaban J connectivity index is 2.13. The molecule has 0 saturated heterocycles. The molecule has 3 aromatic rings. The van der Waals surface area contributed by atoms with E-state index >= 15 is 0 Å². The molecule has 3 rings (SSSR count). The minimum absolute atomic E-state index is 0.0351. The summed E-state index contributed by atoms with van der Waals surface area (Å²) in [5.41, 5.74) is 0.513. The smallest absolute Gasteiger partial charge is 0.264 e. The molecule has 0 bridgehead atoms. The zero-order chi connectivity index (χ0) is 30.2. The number of nitrogens with zero attached hydrogens (tertiary/aromatic N) is 2. The standard InChI is InChI=1S/C29H33Cl2N3O6S/c1-5-16-32-29(36)20(2)33(18-23-24(30)12-9-13-25(23)31)28(35)19-34(41(37,38)22-10-7-6-8-11-22)26-17-21(39-3)14-15-27(26)40-4/h6-15,17,20H,5,16,18-19H2,1-4H3,(H,32,36). The van der Waals surface area contributed by atoms with Crippen LogP contribution in [0.25, 0.3) is 0 Å². The Labute approximate surface area is 251 Å². The molecule has 0 fully saturated rings. The maximum absolute atomic E-state index is 14.1. The molecular weight excluding hydrogens is 589 g/mol. The number of anilines is 1. The number of methoxy groups -OCH3 is 2. The average Bonchev–Trinajstić information content (AvgIpc) is 2.98. The molecular formula is C29H33Cl2N3O6S. The van der Waals surface area contributed by atoms with E-state index in [1.165, 1.54) is 37.3 Å². The number of nitrogens with one attached hydrogen (secondary N) is 1. The van der Waals surface area contributed by atoms with Crippen LogP contribution in [0, 0.1) is 0 Å². The largest absolute Gasteiger partial charge is 0.497 e. The SMILES string of the molecule is CCCNC(=O)C(C)N(Cc1c(Cl)cccc1Cl)C(=O)CN(c1cc(OC)ccc1OC)S(=O)(=O)c1ccccc1. The van der Waals surface area contributed by atoms with Gasteiger partial charge >= 0.3 is 0 Å². The number of sulfonamides is 1. The Morgan fingerprint density at radius 1 is 0.951 bits per heavy atom. The van der Waals surface area contributed by atoms with E-state index in [1.54, 1.807) is 55.5 Å². The summed E-state index contributed by atoms with van der Waals surface area (Å²) in [5, 5.41) is 3.40. The topological polar surface area (TPSA) is 105 Å². The van der Waals surface area contributed by atoms with Crippen LogP contribution in [0.2, 0.25) is 10.0 Å². The molecule has 9 nitrogen and oxygen atoms in total. The molecule has 1 unspecified atom stereocenters. The fourth-order valence-corrected chi connectivity index (χ4v) is 6.01. The molecule has 12 heteroatoms. The van der Waals surface area contributed by atoms with Gasteiger partial charge in [-0.25, -0.2) is 8.42 Å². The number of hydrogen-bond donors (Lipinski definition) is 1. The summed E-state index contributed by atoms with van der Waals surface area (Å²) in [6.45, 7) is 3.09. The summed E-state index contributed by atoms with van der Waals surface area (Å²) in [6, 6.07) is 16.3. The zero-order valence-electron chi connectivity index (χ0n) is 23.3. The van der Waals surface area contributed by atoms with Crippen molar-refractivity contribution in [2.45, 2.75) is 37.8 Å². The van der Waals surface area contributed by atoms with Gasteiger partial charge in [-0.3, -0.25) is 13.9 Å². The van der Waals surface area contributed by atoms with Gasteiger partial charge in [-0.15, -0.1) is 0 Å². The van der Waals surface area contributed by atoms with Crippen LogP contribution in [0.1, 0.15) is 25.8 Å². The highest BCUT2D eigenvalue weighted by Gasteiger charge is 2.34. The number of hydrogen-bond acceptors (Lipinski definition) is 6. The van der Waals surface area contributed by atoms with E-state index in [2.05, 4.69) is 5.32 Å². The molecule has 1 N–H and O–H groups in total. The van der Waals surface area contributed by atoms with Gasteiger partial charge < -0.3 is 19.7 Å². The molecule has 0 saturated carbocycles. The zero-order valence-corrected chi connectivity index (χ0v) is 25.6. The first-order chi connectivity index (χ1) is 19.5. The van der Waals surface area contributed by atoms with Crippen molar-refractivity contribution >= 4 is 50.7 Å². The summed E-state index contributed by atoms with van der Waals surface area (Å²) >= 11 is 12.8. The molecule has 41 heavy (non-hydrogen) atoms. The number of benzene rings is 3. The monoisotopic (exact) mass is 621 g/mol. The molecule has 0 aliphatic rings. The Kier molecular flexibility index (Phi) is 11.3. The maximum atomic E-state index is 14.1. The Hall–Kier alpha value is -3.47. The molecule has 0 aliphatic heterocycles. The fraction of sp³-hybridized carbons (Fsp3) is 0.310. The molecule has 0 heterocycles. The molecule has 0 aromatic heterocycles. The van der Waals surface area contributed by atoms with Crippen molar-refractivity contribution < 1.29 is 27.5 Å². The van der Waals surface area contributed by atoms with Crippen molar-refractivity contribution in [3.8, 4) is 11.5 Å². The van der Waals surface area contributed by atoms with Gasteiger partial charge in [-0.1, -0.05) is 54.4 Å². The Bertz CT molecular complexity index is 1450. The van der Waals surface area contributed by atoms with Gasteiger partial charge in [0.2, 0.25) is 11.8 Å². The first kappa shape index (κ1) is 32.0. The van der Waals surface area contributed by atoms with Crippen LogP contribution in [0.3, 0.4) is 0 Å². The number of rotatable bonds is 13. The number of halogens is 2. The van der Waals surface area contributed by atoms with E-state index in [1.807, 2.05) is 6.92 Å². The summed E-state index contributed by atoms with van der Waals surface area (Å²) in [4.78, 5) is 28.3. The average molecular weight is 623 g/mol. The second-order valence-corrected chi connectivity index (χ2v) is 11.7. The van der Waals surface area contributed by atoms with Crippen molar-refractivity contribution in [3.05, 3.63) is 82.3 Å². The van der Waals surface area contributed by atoms with Crippen molar-refractivity contribution in [3.63, 3.8) is 0 Å². The van der Waals surface area contributed by atoms with Gasteiger partial charge in [0, 0.05) is 34.8 Å². The van der Waals surface area contributed by atoms with Crippen LogP contribution in [0.5, 0.6) is 11.5 Å². The first-order valence-electron chi connectivity index (χ1n) is 12.8. The van der Waals surface area contributed by atoms with Gasteiger partial charge in [-0.2, -0.15) is 0 Å². The van der Waals surface area contributed by atoms with Crippen molar-refractivity contribution in [2.24, 2.45) is 0 Å². The molecule has 0 aliphatic carbocycles. The molecule has 0 spiro atoms. The van der Waals surface area contributed by atoms with E-state index < -0.39 is 34.4 Å². The third-order valence-electron chi connectivity index (χ3n) is 6.37. The van der Waals surface area contributed by atoms with Gasteiger partial charge in [-0.05, 0) is 49.7 Å². The maximum Gasteiger partial charge on any atom is 0.264 e. The first-order valence-corrected chi connectivity index (χ1v) is 15.0. The van der Waals surface area contributed by atoms with E-state index in [9.17, 15) is 18.0 Å². The highest BCUT2D eigenvalue weighted by atomic mass is 35.5. The number of ether oxygens (including phenoxy) is 2. The second kappa shape index (κ2) is 14.4. The predicted octanol–water partition coefficient (Wildman–Crippen LogP) is 5.15. The van der Waals surface area contributed by atoms with E-state index in [4.69, 9.17) is 32.7 Å². The summed E-state index contributed by atoms with van der Waals surface area (Å²) < 4.78 is 39.8. The predicted molar refractivity (Wildman–Crippen MR) is 160 cm³/mol. The molecule has 3 aromatic carbocycles. The van der Waals surface area contributed by atoms with Crippen molar-refractivity contribution in [2.75, 3.05) is 31.6 Å². The van der Waals surface area contributed by atoms with Crippen LogP contribution in [-0.4, -0.2) is 58.5 Å². The number of amides is 2. The lowest BCUT2D eigenvalue weighted by Gasteiger charge is -2.32. The molecule has 0 radical (unpaired) electrons. The minimum Gasteiger partial charge on any atom is -0.497 e. The summed E-state index contributed by atoms with van der Waals surface area (Å²) in [7, 11) is -1.45. The van der Waals surface area contributed by atoms with Gasteiger partial charge in [0.15, 0.2) is 0 Å². The minimum atomic E-state index is -4.29. The van der Waals surface area contributed by atoms with E-state index in [0.29, 0.717) is 34.3 Å². The second-order valence-electron chi connectivity index (χ2n) is 9.05. The van der Waals surface area contributed by atoms with Crippen molar-refractivity contribution in [1.82, 2.24) is 10.2 Å². The van der Waals surface area contributed by atoms with Crippen LogP contribution in [0.4, 0.5) is 5.69 Å². The van der Waals surface area contributed by atoms with E-state index in [-0.39, 0.29) is 22.9 Å². The third-order valence-corrected chi connectivity index (χ3v) is 8.85. The quantitative estimate of drug-likeness (QED) is 0.283. The van der Waals surface area contributed by atoms with Gasteiger partial charge in [0.1, 0.15) is 24.1 Å². The third kappa shape index (κ3) is 7.63. The number of carbonyl (C=O) groups excluding carboxylic acids is 2. The lowest BCUT2D eigenvalue weighted by molar-refractivity contribution is -0.139. The highest BCUT2D eigenvalue weighted by Crippen LogP contribution is 2.36. The fourth-order valence-electron chi connectivity index (χ4n) is 4.06. The summed E-state index contributed by atoms with van der Waals surface area (Å²) in [6.07, 6.45) is 0.696. The normalized spacial score (nSPS) is 11.9. The lowest BCUT2D eigenvalue weighted by atomic mass is 10.1. The van der Waals surface area contributed by atoms with Crippen LogP contribution >= 0.6 is 23.2 Å².